The third-order valence-corrected chi connectivity index (χ3v) is 4.46. The molecule has 0 bridgehead atoms. The van der Waals surface area contributed by atoms with Crippen molar-refractivity contribution >= 4 is 41.3 Å². The lowest BCUT2D eigenvalue weighted by Gasteiger charge is -2.12. The van der Waals surface area contributed by atoms with Crippen LogP contribution in [-0.4, -0.2) is 18.0 Å². The third-order valence-electron chi connectivity index (χ3n) is 3.58. The van der Waals surface area contributed by atoms with Crippen LogP contribution in [0.4, 0.5) is 0 Å². The van der Waals surface area contributed by atoms with Crippen LogP contribution in [0.1, 0.15) is 10.4 Å². The van der Waals surface area contributed by atoms with E-state index in [4.69, 9.17) is 0 Å². The summed E-state index contributed by atoms with van der Waals surface area (Å²) < 4.78 is 0. The predicted molar refractivity (Wildman–Crippen MR) is 116 cm³/mol. The Morgan fingerprint density at radius 1 is 1.04 bits per heavy atom. The molecule has 25 heavy (non-hydrogen) atoms. The number of nitrogens with zero attached hydrogens (tertiary/aromatic N) is 2. The van der Waals surface area contributed by atoms with Gasteiger partial charge in [-0.25, -0.2) is 0 Å². The molecule has 130 valence electrons. The van der Waals surface area contributed by atoms with Gasteiger partial charge in [-0.3, -0.25) is 9.98 Å². The van der Waals surface area contributed by atoms with E-state index in [1.807, 2.05) is 24.4 Å². The predicted octanol–water partition coefficient (Wildman–Crippen LogP) is 4.29. The quantitative estimate of drug-likeness (QED) is 0.337. The molecule has 0 aliphatic carbocycles. The van der Waals surface area contributed by atoms with Gasteiger partial charge in [-0.15, -0.1) is 35.3 Å². The highest BCUT2D eigenvalue weighted by Gasteiger charge is 2.02. The zero-order valence-corrected chi connectivity index (χ0v) is 17.1. The topological polar surface area (TPSA) is 49.3 Å². The van der Waals surface area contributed by atoms with Gasteiger partial charge in [0.1, 0.15) is 0 Å². The number of thiophene rings is 1. The second kappa shape index (κ2) is 10.1. The monoisotopic (exact) mass is 464 g/mol. The first-order chi connectivity index (χ1) is 11.8. The van der Waals surface area contributed by atoms with Gasteiger partial charge in [0.15, 0.2) is 5.96 Å². The van der Waals surface area contributed by atoms with E-state index in [0.717, 1.165) is 23.8 Å². The molecule has 2 N–H and O–H groups in total. The number of aliphatic imine (C=N–C) groups is 1. The summed E-state index contributed by atoms with van der Waals surface area (Å²) in [6, 6.07) is 18.5. The number of pyridine rings is 1. The Morgan fingerprint density at radius 2 is 1.92 bits per heavy atom. The summed E-state index contributed by atoms with van der Waals surface area (Å²) in [6.45, 7) is 1.50. The summed E-state index contributed by atoms with van der Waals surface area (Å²) in [5.74, 6) is 0.798. The van der Waals surface area contributed by atoms with Crippen LogP contribution in [-0.2, 0) is 13.1 Å². The molecule has 0 unspecified atom stereocenters. The SMILES string of the molecule is CN=C(NCc1cccc(-c2ccccn2)c1)NCc1cccs1.I. The molecule has 0 aliphatic rings. The number of hydrogen-bond donors (Lipinski definition) is 2. The Balaban J connectivity index is 0.00000225. The van der Waals surface area contributed by atoms with E-state index in [1.165, 1.54) is 10.4 Å². The summed E-state index contributed by atoms with van der Waals surface area (Å²) in [4.78, 5) is 9.96. The Morgan fingerprint density at radius 3 is 2.64 bits per heavy atom. The molecule has 0 saturated carbocycles. The van der Waals surface area contributed by atoms with Gasteiger partial charge in [-0.1, -0.05) is 30.3 Å². The number of benzene rings is 1. The van der Waals surface area contributed by atoms with E-state index >= 15 is 0 Å². The van der Waals surface area contributed by atoms with Gasteiger partial charge in [-0.05, 0) is 35.2 Å². The van der Waals surface area contributed by atoms with Crippen LogP contribution in [0.15, 0.2) is 71.2 Å². The molecule has 1 aromatic carbocycles. The largest absolute Gasteiger partial charge is 0.352 e. The molecule has 0 saturated heterocycles. The number of nitrogens with one attached hydrogen (secondary N) is 2. The minimum Gasteiger partial charge on any atom is -0.352 e. The lowest BCUT2D eigenvalue weighted by atomic mass is 10.1. The third kappa shape index (κ3) is 5.82. The van der Waals surface area contributed by atoms with Crippen LogP contribution in [0.2, 0.25) is 0 Å². The molecule has 2 aromatic heterocycles. The molecular formula is C19H21IN4S. The van der Waals surface area contributed by atoms with Crippen molar-refractivity contribution < 1.29 is 0 Å². The molecular weight excluding hydrogens is 443 g/mol. The first-order valence-corrected chi connectivity index (χ1v) is 8.70. The maximum absolute atomic E-state index is 4.40. The maximum atomic E-state index is 4.40. The highest BCUT2D eigenvalue weighted by Crippen LogP contribution is 2.17. The fourth-order valence-electron chi connectivity index (χ4n) is 2.36. The number of aromatic nitrogens is 1. The van der Waals surface area contributed by atoms with Gasteiger partial charge in [0.05, 0.1) is 12.2 Å². The van der Waals surface area contributed by atoms with Crippen molar-refractivity contribution in [3.63, 3.8) is 0 Å². The molecule has 0 amide bonds. The standard InChI is InChI=1S/C19H20N4S.HI/c1-20-19(23-14-17-8-5-11-24-17)22-13-15-6-4-7-16(12-15)18-9-2-3-10-21-18;/h2-12H,13-14H2,1H3,(H2,20,22,23);1H. The van der Waals surface area contributed by atoms with Crippen molar-refractivity contribution in [2.75, 3.05) is 7.05 Å². The van der Waals surface area contributed by atoms with Crippen molar-refractivity contribution in [2.45, 2.75) is 13.1 Å². The number of hydrogen-bond acceptors (Lipinski definition) is 3. The van der Waals surface area contributed by atoms with Gasteiger partial charge in [-0.2, -0.15) is 0 Å². The van der Waals surface area contributed by atoms with Gasteiger partial charge in [0.25, 0.3) is 0 Å². The van der Waals surface area contributed by atoms with E-state index in [-0.39, 0.29) is 24.0 Å². The molecule has 0 atom stereocenters. The van der Waals surface area contributed by atoms with Gasteiger partial charge < -0.3 is 10.6 Å². The van der Waals surface area contributed by atoms with E-state index in [9.17, 15) is 0 Å². The first-order valence-electron chi connectivity index (χ1n) is 7.82. The van der Waals surface area contributed by atoms with E-state index in [2.05, 4.69) is 62.4 Å². The van der Waals surface area contributed by atoms with Crippen LogP contribution < -0.4 is 10.6 Å². The molecule has 0 radical (unpaired) electrons. The fraction of sp³-hybridized carbons (Fsp3) is 0.158. The minimum absolute atomic E-state index is 0. The van der Waals surface area contributed by atoms with Crippen LogP contribution >= 0.6 is 35.3 Å². The average molecular weight is 464 g/mol. The van der Waals surface area contributed by atoms with Crippen LogP contribution in [0, 0.1) is 0 Å². The molecule has 0 aliphatic heterocycles. The smallest absolute Gasteiger partial charge is 0.191 e. The lowest BCUT2D eigenvalue weighted by molar-refractivity contribution is 0.815. The fourth-order valence-corrected chi connectivity index (χ4v) is 3.01. The molecule has 4 nitrogen and oxygen atoms in total. The van der Waals surface area contributed by atoms with Crippen molar-refractivity contribution in [1.82, 2.24) is 15.6 Å². The molecule has 3 aromatic rings. The lowest BCUT2D eigenvalue weighted by Crippen LogP contribution is -2.36. The summed E-state index contributed by atoms with van der Waals surface area (Å²) in [5.41, 5.74) is 3.30. The highest BCUT2D eigenvalue weighted by molar-refractivity contribution is 14.0. The summed E-state index contributed by atoms with van der Waals surface area (Å²) in [5, 5.41) is 8.75. The molecule has 6 heteroatoms. The van der Waals surface area contributed by atoms with Crippen LogP contribution in [0.5, 0.6) is 0 Å². The van der Waals surface area contributed by atoms with Crippen molar-refractivity contribution in [3.8, 4) is 11.3 Å². The average Bonchev–Trinajstić information content (AvgIpc) is 3.16. The van der Waals surface area contributed by atoms with Crippen LogP contribution in [0.25, 0.3) is 11.3 Å². The maximum Gasteiger partial charge on any atom is 0.191 e. The minimum atomic E-state index is 0. The highest BCUT2D eigenvalue weighted by atomic mass is 127. The second-order valence-electron chi connectivity index (χ2n) is 5.27. The Labute approximate surface area is 169 Å². The first kappa shape index (κ1) is 19.4. The number of halogens is 1. The van der Waals surface area contributed by atoms with Crippen molar-refractivity contribution in [3.05, 3.63) is 76.6 Å². The van der Waals surface area contributed by atoms with Gasteiger partial charge >= 0.3 is 0 Å². The van der Waals surface area contributed by atoms with Crippen LogP contribution in [0.3, 0.4) is 0 Å². The summed E-state index contributed by atoms with van der Waals surface area (Å²) in [6.07, 6.45) is 1.82. The van der Waals surface area contributed by atoms with Gasteiger partial charge in [0, 0.05) is 30.2 Å². The van der Waals surface area contributed by atoms with E-state index in [1.54, 1.807) is 18.4 Å². The summed E-state index contributed by atoms with van der Waals surface area (Å²) in [7, 11) is 1.79. The molecule has 2 heterocycles. The Hall–Kier alpha value is -1.93. The Bertz CT molecular complexity index is 788. The second-order valence-corrected chi connectivity index (χ2v) is 6.31. The Kier molecular flexibility index (Phi) is 7.87. The zero-order chi connectivity index (χ0) is 16.6. The van der Waals surface area contributed by atoms with E-state index < -0.39 is 0 Å². The zero-order valence-electron chi connectivity index (χ0n) is 14.0. The van der Waals surface area contributed by atoms with E-state index in [0.29, 0.717) is 6.54 Å². The summed E-state index contributed by atoms with van der Waals surface area (Å²) >= 11 is 1.74. The molecule has 0 spiro atoms. The normalized spacial score (nSPS) is 10.8. The number of guanidine groups is 1. The van der Waals surface area contributed by atoms with Crippen molar-refractivity contribution in [2.24, 2.45) is 4.99 Å². The molecule has 3 rings (SSSR count). The molecule has 0 fully saturated rings. The number of rotatable bonds is 5. The van der Waals surface area contributed by atoms with Gasteiger partial charge in [0.2, 0.25) is 0 Å². The van der Waals surface area contributed by atoms with Crippen molar-refractivity contribution in [1.29, 1.82) is 0 Å².